The molecule has 0 atom stereocenters. The Balaban J connectivity index is 2.17. The summed E-state index contributed by atoms with van der Waals surface area (Å²) in [5.41, 5.74) is 0.864. The Morgan fingerprint density at radius 2 is 2.24 bits per heavy atom. The van der Waals surface area contributed by atoms with E-state index >= 15 is 0 Å². The second-order valence-corrected chi connectivity index (χ2v) is 4.24. The van der Waals surface area contributed by atoms with Crippen LogP contribution in [-0.2, 0) is 0 Å². The van der Waals surface area contributed by atoms with Crippen molar-refractivity contribution >= 4 is 23.1 Å². The fourth-order valence-electron chi connectivity index (χ4n) is 1.19. The summed E-state index contributed by atoms with van der Waals surface area (Å²) in [5, 5.41) is 1.40. The zero-order valence-corrected chi connectivity index (χ0v) is 10.7. The molecular weight excluding hydrogens is 256 g/mol. The number of aromatic nitrogens is 2. The van der Waals surface area contributed by atoms with E-state index in [9.17, 15) is 0 Å². The molecule has 3 nitrogen and oxygen atoms in total. The van der Waals surface area contributed by atoms with Gasteiger partial charge in [-0.25, -0.2) is 0 Å². The summed E-state index contributed by atoms with van der Waals surface area (Å²) in [7, 11) is 0. The van der Waals surface area contributed by atoms with Crippen molar-refractivity contribution in [3.8, 4) is 28.4 Å². The van der Waals surface area contributed by atoms with Crippen molar-refractivity contribution in [2.75, 3.05) is 6.61 Å². The van der Waals surface area contributed by atoms with E-state index < -0.39 is 0 Å². The molecule has 5 heteroatoms. The molecule has 1 aromatic heterocycles. The van der Waals surface area contributed by atoms with Crippen molar-refractivity contribution in [2.24, 2.45) is 0 Å². The predicted octanol–water partition coefficient (Wildman–Crippen LogP) is 3.26. The van der Waals surface area contributed by atoms with Gasteiger partial charge >= 0.3 is 6.01 Å². The van der Waals surface area contributed by atoms with E-state index in [-0.39, 0.29) is 0 Å². The molecule has 0 saturated heterocycles. The van der Waals surface area contributed by atoms with Crippen LogP contribution in [0.1, 0.15) is 6.92 Å². The molecule has 0 fully saturated rings. The van der Waals surface area contributed by atoms with Crippen LogP contribution in [0.15, 0.2) is 24.3 Å². The van der Waals surface area contributed by atoms with E-state index in [1.807, 2.05) is 24.3 Å². The zero-order valence-electron chi connectivity index (χ0n) is 9.11. The van der Waals surface area contributed by atoms with Gasteiger partial charge < -0.3 is 4.74 Å². The van der Waals surface area contributed by atoms with Gasteiger partial charge in [0.25, 0.3) is 0 Å². The van der Waals surface area contributed by atoms with Gasteiger partial charge in [-0.15, -0.1) is 10.3 Å². The number of nitrogens with zero attached hydrogens (tertiary/aromatic N) is 2. The lowest BCUT2D eigenvalue weighted by molar-refractivity contribution is 0.345. The van der Waals surface area contributed by atoms with Crippen molar-refractivity contribution in [1.82, 2.24) is 9.36 Å². The van der Waals surface area contributed by atoms with Gasteiger partial charge in [0.15, 0.2) is 6.61 Å². The maximum atomic E-state index is 6.07. The van der Waals surface area contributed by atoms with Gasteiger partial charge in [0.05, 0.1) is 5.02 Å². The fraction of sp³-hybridized carbons (Fsp3) is 0.167. The first kappa shape index (κ1) is 11.9. The summed E-state index contributed by atoms with van der Waals surface area (Å²) in [6, 6.07) is 7.85. The average Bonchev–Trinajstić information content (AvgIpc) is 2.79. The molecule has 86 valence electrons. The van der Waals surface area contributed by atoms with Crippen molar-refractivity contribution in [3.05, 3.63) is 29.3 Å². The van der Waals surface area contributed by atoms with Gasteiger partial charge in [-0.1, -0.05) is 35.7 Å². The third kappa shape index (κ3) is 2.96. The van der Waals surface area contributed by atoms with Crippen molar-refractivity contribution in [1.29, 1.82) is 0 Å². The first-order valence-corrected chi connectivity index (χ1v) is 6.07. The van der Waals surface area contributed by atoms with Crippen LogP contribution < -0.4 is 4.74 Å². The van der Waals surface area contributed by atoms with E-state index in [1.165, 1.54) is 11.5 Å². The van der Waals surface area contributed by atoms with Crippen LogP contribution in [0, 0.1) is 11.8 Å². The largest absolute Gasteiger partial charge is 0.450 e. The zero-order chi connectivity index (χ0) is 12.1. The molecule has 0 radical (unpaired) electrons. The molecular formula is C12H9ClN2OS. The van der Waals surface area contributed by atoms with Crippen LogP contribution in [0.5, 0.6) is 6.01 Å². The van der Waals surface area contributed by atoms with Crippen LogP contribution >= 0.6 is 23.1 Å². The molecule has 0 N–H and O–H groups in total. The minimum absolute atomic E-state index is 0.301. The van der Waals surface area contributed by atoms with E-state index in [0.29, 0.717) is 17.6 Å². The molecule has 0 bridgehead atoms. The number of benzene rings is 1. The third-order valence-corrected chi connectivity index (χ3v) is 3.02. The first-order chi connectivity index (χ1) is 8.31. The third-order valence-electron chi connectivity index (χ3n) is 1.96. The molecule has 0 unspecified atom stereocenters. The van der Waals surface area contributed by atoms with Crippen LogP contribution in [0.2, 0.25) is 5.02 Å². The molecule has 2 aromatic rings. The molecule has 1 aromatic carbocycles. The highest BCUT2D eigenvalue weighted by molar-refractivity contribution is 7.09. The highest BCUT2D eigenvalue weighted by Crippen LogP contribution is 2.29. The Kier molecular flexibility index (Phi) is 3.97. The normalized spacial score (nSPS) is 9.53. The second kappa shape index (κ2) is 5.67. The maximum absolute atomic E-state index is 6.07. The number of hydrogen-bond acceptors (Lipinski definition) is 4. The highest BCUT2D eigenvalue weighted by Gasteiger charge is 2.09. The minimum Gasteiger partial charge on any atom is -0.450 e. The van der Waals surface area contributed by atoms with Crippen LogP contribution in [0.4, 0.5) is 0 Å². The number of ether oxygens (including phenoxy) is 1. The topological polar surface area (TPSA) is 35.0 Å². The molecule has 0 aliphatic heterocycles. The van der Waals surface area contributed by atoms with Gasteiger partial charge in [0.1, 0.15) is 5.01 Å². The Morgan fingerprint density at radius 3 is 3.00 bits per heavy atom. The summed E-state index contributed by atoms with van der Waals surface area (Å²) in [4.78, 5) is 4.25. The fourth-order valence-corrected chi connectivity index (χ4v) is 2.12. The first-order valence-electron chi connectivity index (χ1n) is 4.92. The Morgan fingerprint density at radius 1 is 1.41 bits per heavy atom. The van der Waals surface area contributed by atoms with E-state index in [1.54, 1.807) is 6.92 Å². The van der Waals surface area contributed by atoms with E-state index in [2.05, 4.69) is 21.2 Å². The predicted molar refractivity (Wildman–Crippen MR) is 69.3 cm³/mol. The average molecular weight is 265 g/mol. The number of rotatable bonds is 3. The molecule has 2 rings (SSSR count). The molecule has 0 amide bonds. The minimum atomic E-state index is 0.301. The van der Waals surface area contributed by atoms with Crippen LogP contribution in [0.3, 0.4) is 0 Å². The molecule has 1 heterocycles. The van der Waals surface area contributed by atoms with E-state index in [4.69, 9.17) is 16.3 Å². The lowest BCUT2D eigenvalue weighted by Gasteiger charge is -1.97. The maximum Gasteiger partial charge on any atom is 0.329 e. The molecule has 0 aliphatic carbocycles. The molecule has 0 saturated carbocycles. The summed E-state index contributed by atoms with van der Waals surface area (Å²) >= 11 is 7.33. The summed E-state index contributed by atoms with van der Waals surface area (Å²) in [6.45, 7) is 2.06. The Labute approximate surface area is 109 Å². The second-order valence-electron chi connectivity index (χ2n) is 3.08. The summed E-state index contributed by atoms with van der Waals surface area (Å²) in [6.07, 6.45) is 0. The lowest BCUT2D eigenvalue weighted by Crippen LogP contribution is -1.95. The summed E-state index contributed by atoms with van der Waals surface area (Å²) < 4.78 is 9.35. The van der Waals surface area contributed by atoms with Gasteiger partial charge in [-0.05, 0) is 24.5 Å². The van der Waals surface area contributed by atoms with Gasteiger partial charge in [-0.3, -0.25) is 0 Å². The lowest BCUT2D eigenvalue weighted by atomic mass is 10.2. The Bertz CT molecular complexity index is 571. The highest BCUT2D eigenvalue weighted by atomic mass is 35.5. The van der Waals surface area contributed by atoms with E-state index in [0.717, 1.165) is 10.6 Å². The Hall–Kier alpha value is -1.57. The SMILES string of the molecule is CC#CCOc1nsc(-c2ccccc2Cl)n1. The smallest absolute Gasteiger partial charge is 0.329 e. The van der Waals surface area contributed by atoms with Crippen molar-refractivity contribution in [3.63, 3.8) is 0 Å². The standard InChI is InChI=1S/C12H9ClN2OS/c1-2-3-8-16-12-14-11(17-15-12)9-6-4-5-7-10(9)13/h4-7H,8H2,1H3. The van der Waals surface area contributed by atoms with Gasteiger partial charge in [0, 0.05) is 5.56 Å². The van der Waals surface area contributed by atoms with Gasteiger partial charge in [-0.2, -0.15) is 4.98 Å². The monoisotopic (exact) mass is 264 g/mol. The molecule has 0 aliphatic rings. The summed E-state index contributed by atoms with van der Waals surface area (Å²) in [5.74, 6) is 5.52. The molecule has 17 heavy (non-hydrogen) atoms. The van der Waals surface area contributed by atoms with Crippen molar-refractivity contribution in [2.45, 2.75) is 6.92 Å². The van der Waals surface area contributed by atoms with Crippen molar-refractivity contribution < 1.29 is 4.74 Å². The van der Waals surface area contributed by atoms with Crippen LogP contribution in [-0.4, -0.2) is 16.0 Å². The number of halogens is 1. The number of hydrogen-bond donors (Lipinski definition) is 0. The quantitative estimate of drug-likeness (QED) is 0.798. The van der Waals surface area contributed by atoms with Gasteiger partial charge in [0.2, 0.25) is 0 Å². The van der Waals surface area contributed by atoms with Crippen LogP contribution in [0.25, 0.3) is 10.6 Å². The molecule has 0 spiro atoms.